The Morgan fingerprint density at radius 1 is 1.42 bits per heavy atom. The molecule has 0 aliphatic carbocycles. The SMILES string of the molecule is [NH3+]CC(=O)c1ccc(Cl)cc1Cl. The van der Waals surface area contributed by atoms with Gasteiger partial charge in [-0.15, -0.1) is 0 Å². The number of hydrogen-bond donors (Lipinski definition) is 1. The molecule has 2 nitrogen and oxygen atoms in total. The minimum Gasteiger partial charge on any atom is -0.351 e. The van der Waals surface area contributed by atoms with Gasteiger partial charge in [0.05, 0.1) is 5.02 Å². The lowest BCUT2D eigenvalue weighted by Crippen LogP contribution is -2.54. The molecule has 0 saturated carbocycles. The van der Waals surface area contributed by atoms with Crippen LogP contribution in [0.3, 0.4) is 0 Å². The first kappa shape index (κ1) is 9.52. The third kappa shape index (κ3) is 1.97. The largest absolute Gasteiger partial charge is 0.351 e. The summed E-state index contributed by atoms with van der Waals surface area (Å²) in [5.41, 5.74) is 3.97. The van der Waals surface area contributed by atoms with E-state index in [1.54, 1.807) is 18.2 Å². The van der Waals surface area contributed by atoms with Crippen LogP contribution in [0.25, 0.3) is 0 Å². The zero-order valence-electron chi connectivity index (χ0n) is 6.31. The van der Waals surface area contributed by atoms with Gasteiger partial charge in [0, 0.05) is 10.6 Å². The highest BCUT2D eigenvalue weighted by molar-refractivity contribution is 6.36. The molecule has 0 radical (unpaired) electrons. The van der Waals surface area contributed by atoms with Crippen LogP contribution in [0.15, 0.2) is 18.2 Å². The number of carbonyl (C=O) groups excluding carboxylic acids is 1. The Labute approximate surface area is 80.3 Å². The van der Waals surface area contributed by atoms with Gasteiger partial charge in [0.2, 0.25) is 5.78 Å². The molecule has 0 heterocycles. The second-order valence-electron chi connectivity index (χ2n) is 2.30. The summed E-state index contributed by atoms with van der Waals surface area (Å²) in [7, 11) is 0. The Hall–Kier alpha value is -0.570. The van der Waals surface area contributed by atoms with E-state index in [9.17, 15) is 4.79 Å². The van der Waals surface area contributed by atoms with Crippen LogP contribution < -0.4 is 5.73 Å². The zero-order valence-corrected chi connectivity index (χ0v) is 7.82. The van der Waals surface area contributed by atoms with E-state index in [-0.39, 0.29) is 12.3 Å². The number of quaternary nitrogens is 1. The molecule has 1 aromatic rings. The monoisotopic (exact) mass is 204 g/mol. The van der Waals surface area contributed by atoms with Crippen LogP contribution in [-0.2, 0) is 0 Å². The van der Waals surface area contributed by atoms with Crippen molar-refractivity contribution in [1.82, 2.24) is 0 Å². The molecule has 0 aromatic heterocycles. The number of rotatable bonds is 2. The summed E-state index contributed by atoms with van der Waals surface area (Å²) in [6, 6.07) is 4.79. The van der Waals surface area contributed by atoms with E-state index in [1.807, 2.05) is 0 Å². The van der Waals surface area contributed by atoms with Gasteiger partial charge in [0.15, 0.2) is 0 Å². The first-order chi connectivity index (χ1) is 5.65. The van der Waals surface area contributed by atoms with Crippen molar-refractivity contribution in [3.63, 3.8) is 0 Å². The van der Waals surface area contributed by atoms with Crippen molar-refractivity contribution in [1.29, 1.82) is 0 Å². The quantitative estimate of drug-likeness (QED) is 0.729. The van der Waals surface area contributed by atoms with Gasteiger partial charge >= 0.3 is 0 Å². The molecule has 0 aliphatic rings. The molecule has 12 heavy (non-hydrogen) atoms. The molecule has 0 amide bonds. The minimum atomic E-state index is -0.0725. The highest BCUT2D eigenvalue weighted by Gasteiger charge is 2.09. The van der Waals surface area contributed by atoms with E-state index in [2.05, 4.69) is 5.73 Å². The molecule has 1 rings (SSSR count). The normalized spacial score (nSPS) is 9.92. The van der Waals surface area contributed by atoms with Gasteiger partial charge < -0.3 is 5.73 Å². The van der Waals surface area contributed by atoms with Crippen LogP contribution in [0.4, 0.5) is 0 Å². The van der Waals surface area contributed by atoms with Crippen LogP contribution in [0.5, 0.6) is 0 Å². The lowest BCUT2D eigenvalue weighted by atomic mass is 10.1. The minimum absolute atomic E-state index is 0.0725. The molecule has 0 spiro atoms. The predicted molar refractivity (Wildman–Crippen MR) is 48.5 cm³/mol. The Balaban J connectivity index is 3.09. The number of benzene rings is 1. The van der Waals surface area contributed by atoms with Crippen molar-refractivity contribution < 1.29 is 10.5 Å². The Morgan fingerprint density at radius 2 is 2.08 bits per heavy atom. The molecule has 3 N–H and O–H groups in total. The zero-order chi connectivity index (χ0) is 9.14. The predicted octanol–water partition coefficient (Wildman–Crippen LogP) is 1.42. The highest BCUT2D eigenvalue weighted by Crippen LogP contribution is 2.20. The number of Topliss-reactive ketones (excluding diaryl/α,β-unsaturated/α-hetero) is 1. The average molecular weight is 205 g/mol. The summed E-state index contributed by atoms with van der Waals surface area (Å²) < 4.78 is 0. The topological polar surface area (TPSA) is 44.7 Å². The maximum Gasteiger partial charge on any atom is 0.218 e. The smallest absolute Gasteiger partial charge is 0.218 e. The van der Waals surface area contributed by atoms with Crippen molar-refractivity contribution in [3.05, 3.63) is 33.8 Å². The Morgan fingerprint density at radius 3 is 2.58 bits per heavy atom. The van der Waals surface area contributed by atoms with Crippen molar-refractivity contribution >= 4 is 29.0 Å². The summed E-state index contributed by atoms with van der Waals surface area (Å²) in [6.45, 7) is 0.210. The molecule has 1 aromatic carbocycles. The van der Waals surface area contributed by atoms with Crippen molar-refractivity contribution in [2.45, 2.75) is 0 Å². The fourth-order valence-corrected chi connectivity index (χ4v) is 1.36. The second-order valence-corrected chi connectivity index (χ2v) is 3.14. The maximum absolute atomic E-state index is 11.2. The van der Waals surface area contributed by atoms with E-state index in [4.69, 9.17) is 23.2 Å². The fourth-order valence-electron chi connectivity index (χ4n) is 0.850. The molecular formula is C8H8Cl2NO+. The van der Waals surface area contributed by atoms with Crippen molar-refractivity contribution in [3.8, 4) is 0 Å². The Bertz CT molecular complexity index is 312. The molecule has 0 saturated heterocycles. The van der Waals surface area contributed by atoms with E-state index >= 15 is 0 Å². The first-order valence-corrected chi connectivity index (χ1v) is 4.18. The summed E-state index contributed by atoms with van der Waals surface area (Å²) >= 11 is 11.4. The molecule has 0 aliphatic heterocycles. The van der Waals surface area contributed by atoms with Crippen LogP contribution in [0.2, 0.25) is 10.0 Å². The van der Waals surface area contributed by atoms with Gasteiger partial charge in [-0.2, -0.15) is 0 Å². The molecule has 4 heteroatoms. The number of hydrogen-bond acceptors (Lipinski definition) is 1. The van der Waals surface area contributed by atoms with E-state index in [0.717, 1.165) is 0 Å². The third-order valence-corrected chi connectivity index (χ3v) is 2.01. The van der Waals surface area contributed by atoms with Gasteiger partial charge in [-0.05, 0) is 18.2 Å². The fraction of sp³-hybridized carbons (Fsp3) is 0.125. The highest BCUT2D eigenvalue weighted by atomic mass is 35.5. The maximum atomic E-state index is 11.2. The first-order valence-electron chi connectivity index (χ1n) is 3.42. The average Bonchev–Trinajstić information content (AvgIpc) is 2.03. The van der Waals surface area contributed by atoms with Crippen molar-refractivity contribution in [2.24, 2.45) is 0 Å². The van der Waals surface area contributed by atoms with E-state index in [1.165, 1.54) is 0 Å². The number of ketones is 1. The number of halogens is 2. The molecule has 64 valence electrons. The summed E-state index contributed by atoms with van der Waals surface area (Å²) in [4.78, 5) is 11.2. The van der Waals surface area contributed by atoms with Crippen molar-refractivity contribution in [2.75, 3.05) is 6.54 Å². The third-order valence-electron chi connectivity index (χ3n) is 1.46. The molecule has 0 bridgehead atoms. The molecule has 0 unspecified atom stereocenters. The van der Waals surface area contributed by atoms with Gasteiger partial charge in [0.25, 0.3) is 0 Å². The van der Waals surface area contributed by atoms with E-state index < -0.39 is 0 Å². The van der Waals surface area contributed by atoms with Gasteiger partial charge in [-0.1, -0.05) is 23.2 Å². The van der Waals surface area contributed by atoms with Crippen LogP contribution in [-0.4, -0.2) is 12.3 Å². The second kappa shape index (κ2) is 3.90. The lowest BCUT2D eigenvalue weighted by molar-refractivity contribution is -0.349. The summed E-state index contributed by atoms with van der Waals surface area (Å²) in [5.74, 6) is -0.0725. The van der Waals surface area contributed by atoms with Gasteiger partial charge in [-0.25, -0.2) is 0 Å². The molecule has 0 fully saturated rings. The number of carbonyl (C=O) groups is 1. The Kier molecular flexibility index (Phi) is 3.09. The molecular weight excluding hydrogens is 197 g/mol. The van der Waals surface area contributed by atoms with Crippen LogP contribution in [0.1, 0.15) is 10.4 Å². The lowest BCUT2D eigenvalue weighted by Gasteiger charge is -1.99. The standard InChI is InChI=1S/C8H7Cl2NO/c9-5-1-2-6(7(10)3-5)8(12)4-11/h1-3H,4,11H2/p+1. The summed E-state index contributed by atoms with van der Waals surface area (Å²) in [6.07, 6.45) is 0. The van der Waals surface area contributed by atoms with Gasteiger partial charge in [-0.3, -0.25) is 4.79 Å². The van der Waals surface area contributed by atoms with Gasteiger partial charge in [0.1, 0.15) is 6.54 Å². The van der Waals surface area contributed by atoms with Crippen LogP contribution in [0, 0.1) is 0 Å². The van der Waals surface area contributed by atoms with Crippen LogP contribution >= 0.6 is 23.2 Å². The van der Waals surface area contributed by atoms with E-state index in [0.29, 0.717) is 15.6 Å². The molecule has 0 atom stereocenters. The summed E-state index contributed by atoms with van der Waals surface area (Å²) in [5, 5.41) is 0.914.